The number of ether oxygens (including phenoxy) is 3. The number of carbonyl (C=O) groups is 1. The number of aryl methyl sites for hydroxylation is 2. The van der Waals surface area contributed by atoms with Crippen LogP contribution in [0.25, 0.3) is 0 Å². The summed E-state index contributed by atoms with van der Waals surface area (Å²) in [5, 5.41) is 10.4. The Morgan fingerprint density at radius 1 is 1.00 bits per heavy atom. The van der Waals surface area contributed by atoms with Crippen LogP contribution in [0.15, 0.2) is 28.7 Å². The van der Waals surface area contributed by atoms with Crippen LogP contribution in [0.3, 0.4) is 0 Å². The van der Waals surface area contributed by atoms with Crippen molar-refractivity contribution in [1.82, 2.24) is 15.2 Å². The van der Waals surface area contributed by atoms with Crippen molar-refractivity contribution in [2.45, 2.75) is 20.3 Å². The van der Waals surface area contributed by atoms with E-state index in [1.54, 1.807) is 59.4 Å². The third-order valence-electron chi connectivity index (χ3n) is 4.37. The van der Waals surface area contributed by atoms with Gasteiger partial charge in [-0.2, -0.15) is 5.10 Å². The van der Waals surface area contributed by atoms with E-state index in [9.17, 15) is 4.79 Å². The maximum absolute atomic E-state index is 12.4. The molecule has 0 atom stereocenters. The minimum atomic E-state index is -0.463. The molecule has 2 aromatic heterocycles. The number of hydrogen-bond acceptors (Lipinski definition) is 8. The molecule has 9 nitrogen and oxygen atoms in total. The van der Waals surface area contributed by atoms with E-state index in [0.717, 1.165) is 5.56 Å². The van der Waals surface area contributed by atoms with E-state index in [0.29, 0.717) is 40.8 Å². The molecule has 0 fully saturated rings. The van der Waals surface area contributed by atoms with Crippen molar-refractivity contribution >= 4 is 11.9 Å². The second-order valence-corrected chi connectivity index (χ2v) is 6.21. The molecule has 0 aliphatic rings. The van der Waals surface area contributed by atoms with Gasteiger partial charge < -0.3 is 18.6 Å². The molecule has 2 heterocycles. The predicted molar refractivity (Wildman–Crippen MR) is 105 cm³/mol. The summed E-state index contributed by atoms with van der Waals surface area (Å²) in [5.41, 5.74) is 2.17. The summed E-state index contributed by atoms with van der Waals surface area (Å²) in [6.45, 7) is 3.59. The van der Waals surface area contributed by atoms with E-state index in [1.165, 1.54) is 0 Å². The molecular weight excluding hydrogens is 376 g/mol. The van der Waals surface area contributed by atoms with E-state index in [4.69, 9.17) is 18.6 Å². The number of hydrogen-bond donors (Lipinski definition) is 1. The Morgan fingerprint density at radius 3 is 2.28 bits per heavy atom. The van der Waals surface area contributed by atoms with Crippen molar-refractivity contribution in [3.05, 3.63) is 52.7 Å². The summed E-state index contributed by atoms with van der Waals surface area (Å²) in [5.74, 6) is 2.16. The van der Waals surface area contributed by atoms with Crippen molar-refractivity contribution < 1.29 is 23.4 Å². The molecule has 1 amide bonds. The predicted octanol–water partition coefficient (Wildman–Crippen LogP) is 2.95. The average molecular weight is 398 g/mol. The molecule has 29 heavy (non-hydrogen) atoms. The summed E-state index contributed by atoms with van der Waals surface area (Å²) >= 11 is 0. The lowest BCUT2D eigenvalue weighted by atomic mass is 10.1. The number of furan rings is 1. The molecule has 3 rings (SSSR count). The Morgan fingerprint density at radius 2 is 1.69 bits per heavy atom. The number of rotatable bonds is 7. The summed E-state index contributed by atoms with van der Waals surface area (Å²) in [7, 11) is 4.70. The van der Waals surface area contributed by atoms with Gasteiger partial charge in [0.15, 0.2) is 5.76 Å². The highest BCUT2D eigenvalue weighted by atomic mass is 16.5. The molecule has 0 saturated carbocycles. The lowest BCUT2D eigenvalue weighted by Gasteiger charge is -2.14. The van der Waals surface area contributed by atoms with Gasteiger partial charge in [-0.25, -0.2) is 4.98 Å². The molecule has 0 radical (unpaired) electrons. The summed E-state index contributed by atoms with van der Waals surface area (Å²) in [6, 6.07) is 6.83. The lowest BCUT2D eigenvalue weighted by Crippen LogP contribution is -2.15. The van der Waals surface area contributed by atoms with Gasteiger partial charge in [0, 0.05) is 24.1 Å². The normalized spacial score (nSPS) is 10.5. The third-order valence-corrected chi connectivity index (χ3v) is 4.37. The fourth-order valence-electron chi connectivity index (χ4n) is 2.69. The molecule has 0 spiro atoms. The van der Waals surface area contributed by atoms with Gasteiger partial charge in [0.2, 0.25) is 5.95 Å². The van der Waals surface area contributed by atoms with Crippen LogP contribution in [-0.2, 0) is 6.42 Å². The third kappa shape index (κ3) is 4.45. The van der Waals surface area contributed by atoms with Crippen molar-refractivity contribution in [1.29, 1.82) is 0 Å². The van der Waals surface area contributed by atoms with Crippen LogP contribution in [0.4, 0.5) is 5.95 Å². The highest BCUT2D eigenvalue weighted by molar-refractivity contribution is 6.01. The van der Waals surface area contributed by atoms with Crippen molar-refractivity contribution in [2.24, 2.45) is 0 Å². The highest BCUT2D eigenvalue weighted by Crippen LogP contribution is 2.35. The number of benzene rings is 1. The molecule has 1 aromatic carbocycles. The van der Waals surface area contributed by atoms with E-state index < -0.39 is 5.91 Å². The first kappa shape index (κ1) is 20.1. The zero-order chi connectivity index (χ0) is 21.0. The minimum Gasteiger partial charge on any atom is -0.496 e. The largest absolute Gasteiger partial charge is 0.496 e. The van der Waals surface area contributed by atoms with Crippen molar-refractivity contribution in [2.75, 3.05) is 26.6 Å². The number of amides is 1. The van der Waals surface area contributed by atoms with Crippen LogP contribution in [0.1, 0.15) is 33.3 Å². The van der Waals surface area contributed by atoms with Gasteiger partial charge in [0.05, 0.1) is 32.7 Å². The Hall–Kier alpha value is -3.62. The van der Waals surface area contributed by atoms with Gasteiger partial charge in [0.25, 0.3) is 5.91 Å². The topological polar surface area (TPSA) is 109 Å². The fraction of sp³-hybridized carbons (Fsp3) is 0.300. The van der Waals surface area contributed by atoms with Crippen LogP contribution in [0, 0.1) is 13.8 Å². The Balaban J connectivity index is 1.80. The summed E-state index contributed by atoms with van der Waals surface area (Å²) < 4.78 is 21.9. The average Bonchev–Trinajstić information content (AvgIpc) is 3.19. The van der Waals surface area contributed by atoms with Crippen LogP contribution in [0.5, 0.6) is 17.2 Å². The lowest BCUT2D eigenvalue weighted by molar-refractivity contribution is 0.0994. The monoisotopic (exact) mass is 398 g/mol. The first-order valence-electron chi connectivity index (χ1n) is 8.82. The molecule has 9 heteroatoms. The van der Waals surface area contributed by atoms with E-state index in [1.807, 2.05) is 0 Å². The molecule has 0 bridgehead atoms. The molecule has 0 unspecified atom stereocenters. The maximum atomic E-state index is 12.4. The molecule has 152 valence electrons. The zero-order valence-electron chi connectivity index (χ0n) is 16.9. The number of nitrogens with one attached hydrogen (secondary N) is 1. The zero-order valence-corrected chi connectivity index (χ0v) is 16.9. The highest BCUT2D eigenvalue weighted by Gasteiger charge is 2.18. The van der Waals surface area contributed by atoms with Crippen LogP contribution >= 0.6 is 0 Å². The van der Waals surface area contributed by atoms with E-state index in [-0.39, 0.29) is 11.7 Å². The molecular formula is C20H22N4O5. The number of aromatic nitrogens is 3. The van der Waals surface area contributed by atoms with E-state index >= 15 is 0 Å². The van der Waals surface area contributed by atoms with Gasteiger partial charge in [-0.15, -0.1) is 5.10 Å². The minimum absolute atomic E-state index is 0.120. The van der Waals surface area contributed by atoms with Crippen LogP contribution in [0.2, 0.25) is 0 Å². The van der Waals surface area contributed by atoms with Gasteiger partial charge in [-0.05, 0) is 26.0 Å². The number of carbonyl (C=O) groups excluding carboxylic acids is 1. The van der Waals surface area contributed by atoms with Crippen molar-refractivity contribution in [3.8, 4) is 17.2 Å². The number of nitrogens with zero attached hydrogens (tertiary/aromatic N) is 3. The second kappa shape index (κ2) is 8.59. The van der Waals surface area contributed by atoms with E-state index in [2.05, 4.69) is 20.5 Å². The number of anilines is 1. The van der Waals surface area contributed by atoms with Gasteiger partial charge in [-0.3, -0.25) is 10.1 Å². The Kier molecular flexibility index (Phi) is 5.96. The first-order chi connectivity index (χ1) is 13.9. The smallest absolute Gasteiger partial charge is 0.293 e. The van der Waals surface area contributed by atoms with Gasteiger partial charge in [0.1, 0.15) is 23.0 Å². The number of methoxy groups -OCH3 is 3. The van der Waals surface area contributed by atoms with Gasteiger partial charge >= 0.3 is 0 Å². The Bertz CT molecular complexity index is 1010. The standard InChI is InChI=1S/C20H22N4O5/c1-11-12(2)23-24-20(21-11)22-19(25)16-7-6-13(29-16)8-15-17(27-4)9-14(26-3)10-18(15)28-5/h6-7,9-10H,8H2,1-5H3,(H,21,22,24,25). The van der Waals surface area contributed by atoms with Crippen LogP contribution in [-0.4, -0.2) is 42.4 Å². The van der Waals surface area contributed by atoms with Gasteiger partial charge in [-0.1, -0.05) is 0 Å². The molecule has 0 aliphatic heterocycles. The maximum Gasteiger partial charge on any atom is 0.293 e. The fourth-order valence-corrected chi connectivity index (χ4v) is 2.69. The van der Waals surface area contributed by atoms with Crippen LogP contribution < -0.4 is 19.5 Å². The summed E-state index contributed by atoms with van der Waals surface area (Å²) in [4.78, 5) is 16.6. The summed E-state index contributed by atoms with van der Waals surface area (Å²) in [6.07, 6.45) is 0.366. The molecule has 3 aromatic rings. The molecule has 0 saturated heterocycles. The molecule has 1 N–H and O–H groups in total. The SMILES string of the molecule is COc1cc(OC)c(Cc2ccc(C(=O)Nc3nnc(C)c(C)n3)o2)c(OC)c1. The second-order valence-electron chi connectivity index (χ2n) is 6.21. The molecule has 0 aliphatic carbocycles. The van der Waals surface area contributed by atoms with Crippen molar-refractivity contribution in [3.63, 3.8) is 0 Å². The Labute approximate surface area is 168 Å². The quantitative estimate of drug-likeness (QED) is 0.647. The first-order valence-corrected chi connectivity index (χ1v) is 8.82.